The number of carbonyl (C=O) groups is 3. The number of fused-ring (bicyclic) bond motifs is 1. The van der Waals surface area contributed by atoms with E-state index in [1.165, 1.54) is 16.7 Å². The van der Waals surface area contributed by atoms with Crippen LogP contribution in [0.3, 0.4) is 0 Å². The minimum atomic E-state index is -1.14. The van der Waals surface area contributed by atoms with Gasteiger partial charge in [-0.2, -0.15) is 0 Å². The average Bonchev–Trinajstić information content (AvgIpc) is 3.14. The number of β-lactam (4-membered cyclic amide) rings is 1. The van der Waals surface area contributed by atoms with Crippen LogP contribution in [-0.4, -0.2) is 76.1 Å². The molecular weight excluding hydrogens is 386 g/mol. The first-order chi connectivity index (χ1) is 13.1. The Balaban J connectivity index is 1.76. The molecule has 1 unspecified atom stereocenters. The summed E-state index contributed by atoms with van der Waals surface area (Å²) >= 11 is 1.41. The molecule has 3 rings (SSSR count). The first kappa shape index (κ1) is 21.1. The molecule has 3 aliphatic heterocycles. The molecule has 0 radical (unpaired) electrons. The lowest BCUT2D eigenvalue weighted by molar-refractivity contribution is -0.163. The number of carboxylic acids is 1. The number of aliphatic carboxylic acids is 1. The molecular formula is C18H27N3O6S. The molecule has 5 N–H and O–H groups in total. The van der Waals surface area contributed by atoms with E-state index in [-0.39, 0.29) is 40.6 Å². The Morgan fingerprint density at radius 3 is 2.64 bits per heavy atom. The second-order valence-electron chi connectivity index (χ2n) is 7.76. The van der Waals surface area contributed by atoms with Crippen LogP contribution in [0, 0.1) is 17.8 Å². The number of aliphatic hydroxyl groups is 1. The first-order valence-corrected chi connectivity index (χ1v) is 10.3. The van der Waals surface area contributed by atoms with Crippen molar-refractivity contribution in [2.45, 2.75) is 44.2 Å². The van der Waals surface area contributed by atoms with Gasteiger partial charge in [0.15, 0.2) is 0 Å². The SMILES string of the molecule is C[C@@H](N)C(=O)NC[C@@H]1COC[C@@H]1SC1=C(C(=O)O)N2C(=O)[C@H]([C@@H](C)O)C2[C@H]1C. The van der Waals surface area contributed by atoms with Crippen LogP contribution in [-0.2, 0) is 19.1 Å². The van der Waals surface area contributed by atoms with Crippen molar-refractivity contribution in [3.63, 3.8) is 0 Å². The Morgan fingerprint density at radius 1 is 1.39 bits per heavy atom. The van der Waals surface area contributed by atoms with Crippen molar-refractivity contribution in [2.24, 2.45) is 23.5 Å². The standard InChI is InChI=1S/C18H27N3O6S/c1-7-13-12(9(3)22)17(24)21(13)14(18(25)26)15(7)28-11-6-27-5-10(11)4-20-16(23)8(2)19/h7-13,22H,4-6,19H2,1-3H3,(H,20,23)(H,25,26)/t7-,8-,9-,10-,11+,12-,13?/m1/s1. The molecule has 156 valence electrons. The van der Waals surface area contributed by atoms with E-state index in [2.05, 4.69) is 5.32 Å². The van der Waals surface area contributed by atoms with Crippen molar-refractivity contribution < 1.29 is 29.3 Å². The number of hydrogen-bond acceptors (Lipinski definition) is 7. The third-order valence-electron chi connectivity index (χ3n) is 5.68. The second kappa shape index (κ2) is 8.02. The molecule has 2 saturated heterocycles. The van der Waals surface area contributed by atoms with E-state index in [1.807, 2.05) is 6.92 Å². The molecule has 3 aliphatic rings. The van der Waals surface area contributed by atoms with E-state index >= 15 is 0 Å². The fourth-order valence-electron chi connectivity index (χ4n) is 4.13. The highest BCUT2D eigenvalue weighted by molar-refractivity contribution is 8.03. The smallest absolute Gasteiger partial charge is 0.353 e. The molecule has 9 nitrogen and oxygen atoms in total. The predicted octanol–water partition coefficient (Wildman–Crippen LogP) is -0.648. The molecule has 0 aromatic rings. The number of nitrogens with one attached hydrogen (secondary N) is 1. The van der Waals surface area contributed by atoms with Crippen molar-refractivity contribution in [1.82, 2.24) is 10.2 Å². The van der Waals surface area contributed by atoms with Crippen molar-refractivity contribution >= 4 is 29.5 Å². The van der Waals surface area contributed by atoms with E-state index in [1.54, 1.807) is 13.8 Å². The molecule has 7 atom stereocenters. The van der Waals surface area contributed by atoms with Crippen molar-refractivity contribution in [1.29, 1.82) is 0 Å². The molecule has 0 aliphatic carbocycles. The lowest BCUT2D eigenvalue weighted by Gasteiger charge is -2.46. The molecule has 0 spiro atoms. The number of ether oxygens (including phenoxy) is 1. The highest BCUT2D eigenvalue weighted by Gasteiger charge is 2.60. The summed E-state index contributed by atoms with van der Waals surface area (Å²) in [6, 6.07) is -0.934. The number of thioether (sulfide) groups is 1. The number of nitrogens with two attached hydrogens (primary N) is 1. The van der Waals surface area contributed by atoms with E-state index in [0.29, 0.717) is 24.7 Å². The van der Waals surface area contributed by atoms with Crippen molar-refractivity contribution in [3.8, 4) is 0 Å². The largest absolute Gasteiger partial charge is 0.477 e. The minimum absolute atomic E-state index is 0.00895. The zero-order chi connectivity index (χ0) is 20.7. The Bertz CT molecular complexity index is 709. The van der Waals surface area contributed by atoms with Gasteiger partial charge in [0.25, 0.3) is 0 Å². The van der Waals surface area contributed by atoms with Gasteiger partial charge in [0.2, 0.25) is 11.8 Å². The summed E-state index contributed by atoms with van der Waals surface area (Å²) in [4.78, 5) is 38.0. The van der Waals surface area contributed by atoms with Gasteiger partial charge in [0.1, 0.15) is 5.70 Å². The summed E-state index contributed by atoms with van der Waals surface area (Å²) in [5.74, 6) is -2.49. The molecule has 28 heavy (non-hydrogen) atoms. The van der Waals surface area contributed by atoms with Crippen LogP contribution >= 0.6 is 11.8 Å². The summed E-state index contributed by atoms with van der Waals surface area (Å²) in [7, 11) is 0. The highest BCUT2D eigenvalue weighted by Crippen LogP contribution is 2.52. The number of hydrogen-bond donors (Lipinski definition) is 4. The van der Waals surface area contributed by atoms with Crippen LogP contribution in [0.15, 0.2) is 10.6 Å². The van der Waals surface area contributed by atoms with Gasteiger partial charge >= 0.3 is 5.97 Å². The Hall–Kier alpha value is -1.62. The quantitative estimate of drug-likeness (QED) is 0.404. The van der Waals surface area contributed by atoms with Gasteiger partial charge in [0.05, 0.1) is 37.3 Å². The number of rotatable bonds is 7. The Labute approximate surface area is 167 Å². The number of carboxylic acid groups (broad SMARTS) is 1. The number of aliphatic hydroxyl groups excluding tert-OH is 1. The maximum absolute atomic E-state index is 12.4. The normalized spacial score (nSPS) is 34.1. The van der Waals surface area contributed by atoms with Crippen LogP contribution in [0.25, 0.3) is 0 Å². The lowest BCUT2D eigenvalue weighted by Crippen LogP contribution is -2.63. The summed E-state index contributed by atoms with van der Waals surface area (Å²) < 4.78 is 5.56. The summed E-state index contributed by atoms with van der Waals surface area (Å²) in [6.45, 7) is 6.34. The van der Waals surface area contributed by atoms with Gasteiger partial charge in [0, 0.05) is 28.5 Å². The maximum atomic E-state index is 12.4. The summed E-state index contributed by atoms with van der Waals surface area (Å²) in [5, 5.41) is 22.4. The minimum Gasteiger partial charge on any atom is -0.477 e. The molecule has 10 heteroatoms. The Morgan fingerprint density at radius 2 is 2.07 bits per heavy atom. The zero-order valence-corrected chi connectivity index (χ0v) is 16.9. The van der Waals surface area contributed by atoms with Crippen LogP contribution in [0.4, 0.5) is 0 Å². The molecule has 2 fully saturated rings. The van der Waals surface area contributed by atoms with Crippen molar-refractivity contribution in [3.05, 3.63) is 10.6 Å². The van der Waals surface area contributed by atoms with Crippen LogP contribution < -0.4 is 11.1 Å². The summed E-state index contributed by atoms with van der Waals surface area (Å²) in [6.07, 6.45) is -0.827. The van der Waals surface area contributed by atoms with E-state index in [0.717, 1.165) is 0 Å². The third kappa shape index (κ3) is 3.54. The number of amides is 2. The van der Waals surface area contributed by atoms with Gasteiger partial charge in [-0.3, -0.25) is 9.59 Å². The third-order valence-corrected chi connectivity index (χ3v) is 7.32. The van der Waals surface area contributed by atoms with Gasteiger partial charge in [-0.25, -0.2) is 4.79 Å². The predicted molar refractivity (Wildman–Crippen MR) is 102 cm³/mol. The van der Waals surface area contributed by atoms with E-state index in [9.17, 15) is 24.6 Å². The Kier molecular flexibility index (Phi) is 6.04. The van der Waals surface area contributed by atoms with Gasteiger partial charge in [-0.15, -0.1) is 11.8 Å². The topological polar surface area (TPSA) is 142 Å². The van der Waals surface area contributed by atoms with E-state index in [4.69, 9.17) is 10.5 Å². The summed E-state index contributed by atoms with van der Waals surface area (Å²) in [5.41, 5.74) is 5.57. The lowest BCUT2D eigenvalue weighted by atomic mass is 9.79. The average molecular weight is 413 g/mol. The molecule has 0 aromatic carbocycles. The second-order valence-corrected chi connectivity index (χ2v) is 9.04. The first-order valence-electron chi connectivity index (χ1n) is 9.41. The number of carbonyl (C=O) groups excluding carboxylic acids is 2. The van der Waals surface area contributed by atoms with Crippen molar-refractivity contribution in [2.75, 3.05) is 19.8 Å². The number of nitrogens with zero attached hydrogens (tertiary/aromatic N) is 1. The van der Waals surface area contributed by atoms with Gasteiger partial charge in [-0.05, 0) is 13.8 Å². The maximum Gasteiger partial charge on any atom is 0.353 e. The fourth-order valence-corrected chi connectivity index (χ4v) is 5.64. The molecule has 0 saturated carbocycles. The molecule has 0 aromatic heterocycles. The van der Waals surface area contributed by atoms with E-state index < -0.39 is 24.0 Å². The molecule has 3 heterocycles. The van der Waals surface area contributed by atoms with Crippen LogP contribution in [0.2, 0.25) is 0 Å². The van der Waals surface area contributed by atoms with Gasteiger partial charge < -0.3 is 30.9 Å². The molecule has 0 bridgehead atoms. The van der Waals surface area contributed by atoms with Gasteiger partial charge in [-0.1, -0.05) is 6.92 Å². The monoisotopic (exact) mass is 413 g/mol. The van der Waals surface area contributed by atoms with Crippen LogP contribution in [0.5, 0.6) is 0 Å². The fraction of sp³-hybridized carbons (Fsp3) is 0.722. The highest BCUT2D eigenvalue weighted by atomic mass is 32.2. The molecule has 2 amide bonds. The zero-order valence-electron chi connectivity index (χ0n) is 16.1. The van der Waals surface area contributed by atoms with Crippen LogP contribution in [0.1, 0.15) is 20.8 Å².